The summed E-state index contributed by atoms with van der Waals surface area (Å²) in [6, 6.07) is 0. The Labute approximate surface area is 651 Å². The zero-order valence-electron chi connectivity index (χ0n) is 64.8. The molecule has 0 aliphatic carbocycles. The number of nitrogens with one attached hydrogen (secondary N) is 5. The van der Waals surface area contributed by atoms with Crippen LogP contribution in [0.2, 0.25) is 0 Å². The number of amides is 5. The molecule has 0 aromatic carbocycles. The van der Waals surface area contributed by atoms with E-state index in [9.17, 15) is 126 Å². The van der Waals surface area contributed by atoms with Gasteiger partial charge in [0.25, 0.3) is 0 Å². The molecule has 0 radical (unpaired) electrons. The Morgan fingerprint density at radius 3 is 1.18 bits per heavy atom. The lowest BCUT2D eigenvalue weighted by atomic mass is 9.92. The van der Waals surface area contributed by atoms with Gasteiger partial charge in [-0.2, -0.15) is 0 Å². The molecule has 6 heterocycles. The van der Waals surface area contributed by atoms with Crippen molar-refractivity contribution >= 4 is 29.5 Å². The van der Waals surface area contributed by atoms with Crippen molar-refractivity contribution in [3.63, 3.8) is 0 Å². The standard InChI is InChI=1S/C42H75N5O25.C26H50N2O10.C2H6/c1-3-43-23(50)7-5-4-6-8-44-24(51)13-47(14-25(52)45-9-11-65-39-34(61)31(58)27(54)19(2)68-39)15-26(53)46-10-12-66-41-37(64)38(72-42-36(63)33(60)29(56)21(17-49)70-42)30(57)22(71-41)18-67-40-35(62)32(59)28(55)20(16-48)69-40;1-3-27-20(30)11-5-4-6-12-28(13-7-9-17-22(32)25(35)21(31)16(2)37-17)14-8-10-18-23(33)26(36)24(34)19(15-29)38-18;1-2/h19-22,27-42,48-49,54-64H,3-18H2,1-2H3,(H,43,50)(H,44,51)(H,45,52)(H,46,53);16-19,21-26,29,31-36H,3-15H2,1-2H3,(H,27,30);1-2H3/t19-,20+,21+,22+,27+,28+,29+,30+,31+,32-,33-,34-,35-,36-,37+,38-,39+,40-,41+,42+;16-,17-,18-,19+,21+,22+,23-,24+,25+,26+;/m00./s1. The predicted octanol–water partition coefficient (Wildman–Crippen LogP) is -11.1. The van der Waals surface area contributed by atoms with Crippen molar-refractivity contribution in [2.45, 2.75) is 302 Å². The van der Waals surface area contributed by atoms with Gasteiger partial charge in [0, 0.05) is 45.6 Å². The van der Waals surface area contributed by atoms with Crippen LogP contribution in [0.1, 0.15) is 119 Å². The number of unbranched alkanes of at least 4 members (excludes halogenated alkanes) is 4. The minimum absolute atomic E-state index is 0.0523. The maximum absolute atomic E-state index is 13.2. The zero-order chi connectivity index (χ0) is 83.5. The molecule has 0 bridgehead atoms. The summed E-state index contributed by atoms with van der Waals surface area (Å²) in [5, 5.41) is 217. The second-order valence-electron chi connectivity index (χ2n) is 28.3. The van der Waals surface area contributed by atoms with E-state index >= 15 is 0 Å². The fraction of sp³-hybridized carbons (Fsp3) is 0.929. The van der Waals surface area contributed by atoms with E-state index in [0.29, 0.717) is 84.0 Å². The monoisotopic (exact) mass is 1630 g/mol. The highest BCUT2D eigenvalue weighted by Gasteiger charge is 2.53. The summed E-state index contributed by atoms with van der Waals surface area (Å²) >= 11 is 0. The highest BCUT2D eigenvalue weighted by Crippen LogP contribution is 2.33. The molecule has 112 heavy (non-hydrogen) atoms. The van der Waals surface area contributed by atoms with Crippen LogP contribution in [-0.4, -0.2) is 437 Å². The van der Waals surface area contributed by atoms with Crippen LogP contribution in [0, 0.1) is 0 Å². The van der Waals surface area contributed by atoms with Crippen LogP contribution < -0.4 is 26.6 Å². The summed E-state index contributed by atoms with van der Waals surface area (Å²) in [7, 11) is 0. The van der Waals surface area contributed by atoms with Crippen molar-refractivity contribution in [3.8, 4) is 0 Å². The van der Waals surface area contributed by atoms with Gasteiger partial charge in [-0.3, -0.25) is 28.9 Å². The molecule has 6 rings (SSSR count). The van der Waals surface area contributed by atoms with Gasteiger partial charge in [0.05, 0.1) is 83.7 Å². The SMILES string of the molecule is CC.CCNC(=O)CCCCCN(CCC[C@@H]1O[C@H](CO)[C@@H](O)[C@H](O)[C@H]1O)CCC[C@@H]1O[C@@H](C)[C@@H](O)[C@@H](O)[C@@H]1O.CCNC(=O)CCCCCNC(=O)CN(CC(=O)NCCO[C@@H]1O[C@@H](C)[C@@H](O)[C@@H](O)[C@@H]1O)CC(=O)NCCO[C@@H]1O[C@H](CO[C@H]2O[C@H](CO)[C@@H](O)[C@H](O)[C@@H]2O)[C@@H](O)[C@H](O[C@H]2O[C@H](CO)[C@@H](O)[C@H](O)[C@@H]2O)[C@H]1O. The molecule has 25 N–H and O–H groups in total. The predicted molar refractivity (Wildman–Crippen MR) is 385 cm³/mol. The van der Waals surface area contributed by atoms with Crippen LogP contribution in [-0.2, 0) is 71.3 Å². The summed E-state index contributed by atoms with van der Waals surface area (Å²) in [5.74, 6) is -1.91. The van der Waals surface area contributed by atoms with Crippen molar-refractivity contribution in [2.24, 2.45) is 0 Å². The molecule has 0 aromatic heterocycles. The van der Waals surface area contributed by atoms with Gasteiger partial charge in [0.15, 0.2) is 25.2 Å². The molecule has 6 fully saturated rings. The lowest BCUT2D eigenvalue weighted by molar-refractivity contribution is -0.366. The molecule has 42 nitrogen and oxygen atoms in total. The molecular formula is C70H131N7O35. The van der Waals surface area contributed by atoms with Crippen molar-refractivity contribution in [1.29, 1.82) is 0 Å². The molecule has 42 heteroatoms. The fourth-order valence-corrected chi connectivity index (χ4v) is 13.2. The first-order valence-corrected chi connectivity index (χ1v) is 38.9. The largest absolute Gasteiger partial charge is 0.394 e. The topological polar surface area (TPSA) is 649 Å². The van der Waals surface area contributed by atoms with E-state index in [4.69, 9.17) is 47.4 Å². The third kappa shape index (κ3) is 31.7. The number of hydrogen-bond donors (Lipinski definition) is 25. The number of ether oxygens (including phenoxy) is 10. The molecule has 30 atom stereocenters. The fourth-order valence-electron chi connectivity index (χ4n) is 13.2. The Kier molecular flexibility index (Phi) is 47.3. The van der Waals surface area contributed by atoms with E-state index in [-0.39, 0.29) is 38.1 Å². The third-order valence-corrected chi connectivity index (χ3v) is 19.8. The molecule has 0 aromatic rings. The highest BCUT2D eigenvalue weighted by atomic mass is 16.8. The molecule has 0 spiro atoms. The van der Waals surface area contributed by atoms with Crippen LogP contribution in [0.15, 0.2) is 0 Å². The van der Waals surface area contributed by atoms with Gasteiger partial charge in [-0.15, -0.1) is 0 Å². The smallest absolute Gasteiger partial charge is 0.234 e. The molecular weight excluding hydrogens is 1500 g/mol. The first-order chi connectivity index (χ1) is 53.3. The number of aliphatic hydroxyl groups is 20. The molecule has 6 aliphatic heterocycles. The first kappa shape index (κ1) is 100. The van der Waals surface area contributed by atoms with E-state index in [1.54, 1.807) is 6.92 Å². The van der Waals surface area contributed by atoms with Gasteiger partial charge in [-0.1, -0.05) is 26.7 Å². The molecule has 6 saturated heterocycles. The van der Waals surface area contributed by atoms with Crippen LogP contribution in [0.25, 0.3) is 0 Å². The van der Waals surface area contributed by atoms with Gasteiger partial charge >= 0.3 is 0 Å². The summed E-state index contributed by atoms with van der Waals surface area (Å²) in [5.41, 5.74) is 0. The van der Waals surface area contributed by atoms with E-state index in [1.807, 2.05) is 27.7 Å². The van der Waals surface area contributed by atoms with E-state index < -0.39 is 254 Å². The van der Waals surface area contributed by atoms with Gasteiger partial charge in [-0.25, -0.2) is 0 Å². The van der Waals surface area contributed by atoms with Crippen molar-refractivity contribution < 1.29 is 173 Å². The summed E-state index contributed by atoms with van der Waals surface area (Å²) in [6.07, 6.45) is -35.8. The number of carbonyl (C=O) groups is 5. The van der Waals surface area contributed by atoms with E-state index in [2.05, 4.69) is 31.5 Å². The Bertz CT molecular complexity index is 2630. The number of carbonyl (C=O) groups excluding carboxylic acids is 5. The van der Waals surface area contributed by atoms with Crippen molar-refractivity contribution in [2.75, 3.05) is 112 Å². The van der Waals surface area contributed by atoms with Gasteiger partial charge < -0.3 is 181 Å². The number of rotatable bonds is 44. The Hall–Kier alpha value is -3.93. The van der Waals surface area contributed by atoms with Crippen molar-refractivity contribution in [1.82, 2.24) is 36.4 Å². The maximum atomic E-state index is 13.2. The second kappa shape index (κ2) is 52.8. The number of aliphatic hydroxyl groups excluding tert-OH is 20. The van der Waals surface area contributed by atoms with E-state index in [0.717, 1.165) is 25.8 Å². The number of nitrogens with zero attached hydrogens (tertiary/aromatic N) is 2. The zero-order valence-corrected chi connectivity index (χ0v) is 64.8. The van der Waals surface area contributed by atoms with Gasteiger partial charge in [-0.05, 0) is 98.7 Å². The van der Waals surface area contributed by atoms with E-state index in [1.165, 1.54) is 11.8 Å². The lowest BCUT2D eigenvalue weighted by Gasteiger charge is -2.46. The highest BCUT2D eigenvalue weighted by molar-refractivity contribution is 5.84. The molecule has 6 aliphatic rings. The minimum Gasteiger partial charge on any atom is -0.394 e. The van der Waals surface area contributed by atoms with Crippen LogP contribution in [0.4, 0.5) is 0 Å². The Morgan fingerprint density at radius 2 is 0.696 bits per heavy atom. The minimum atomic E-state index is -1.97. The lowest BCUT2D eigenvalue weighted by Crippen LogP contribution is -2.65. The summed E-state index contributed by atoms with van der Waals surface area (Å²) in [4.78, 5) is 66.1. The maximum Gasteiger partial charge on any atom is 0.234 e. The van der Waals surface area contributed by atoms with Crippen LogP contribution in [0.5, 0.6) is 0 Å². The summed E-state index contributed by atoms with van der Waals surface area (Å²) < 4.78 is 55.6. The summed E-state index contributed by atoms with van der Waals surface area (Å²) in [6.45, 7) is 9.15. The number of hydrogen-bond acceptors (Lipinski definition) is 37. The second-order valence-corrected chi connectivity index (χ2v) is 28.3. The quantitative estimate of drug-likeness (QED) is 0.0252. The van der Waals surface area contributed by atoms with Gasteiger partial charge in [0.1, 0.15) is 134 Å². The Balaban J connectivity index is 0.000000555. The molecule has 5 amide bonds. The average molecular weight is 1630 g/mol. The van der Waals surface area contributed by atoms with Crippen LogP contribution >= 0.6 is 0 Å². The molecule has 656 valence electrons. The van der Waals surface area contributed by atoms with Crippen LogP contribution in [0.3, 0.4) is 0 Å². The molecule has 0 unspecified atom stereocenters. The van der Waals surface area contributed by atoms with Gasteiger partial charge in [0.2, 0.25) is 29.5 Å². The normalized spacial score (nSPS) is 36.2. The molecule has 0 saturated carbocycles. The first-order valence-electron chi connectivity index (χ1n) is 38.9. The van der Waals surface area contributed by atoms with Crippen molar-refractivity contribution in [3.05, 3.63) is 0 Å². The Morgan fingerprint density at radius 1 is 0.330 bits per heavy atom. The average Bonchev–Trinajstić information content (AvgIpc) is 0.786. The third-order valence-electron chi connectivity index (χ3n) is 19.8.